The molecule has 2 aliphatic rings. The molecule has 1 saturated carbocycles. The van der Waals surface area contributed by atoms with Crippen LogP contribution in [-0.2, 0) is 16.6 Å². The van der Waals surface area contributed by atoms with E-state index in [1.54, 1.807) is 18.5 Å². The Morgan fingerprint density at radius 3 is 2.80 bits per heavy atom. The monoisotopic (exact) mass is 491 g/mol. The number of hydrogen-bond donors (Lipinski definition) is 2. The van der Waals surface area contributed by atoms with E-state index in [1.165, 1.54) is 12.1 Å². The van der Waals surface area contributed by atoms with Gasteiger partial charge in [0.2, 0.25) is 5.91 Å². The molecule has 1 amide bonds. The molecule has 1 fully saturated rings. The van der Waals surface area contributed by atoms with Crippen LogP contribution in [0.25, 0.3) is 17.2 Å². The second-order valence-electron chi connectivity index (χ2n) is 9.65. The van der Waals surface area contributed by atoms with Gasteiger partial charge >= 0.3 is 0 Å². The number of anilines is 2. The van der Waals surface area contributed by atoms with Crippen molar-refractivity contribution in [2.75, 3.05) is 11.1 Å². The second-order valence-corrected chi connectivity index (χ2v) is 10.1. The molecule has 0 radical (unpaired) electrons. The third-order valence-electron chi connectivity index (χ3n) is 6.76. The van der Waals surface area contributed by atoms with Crippen LogP contribution in [0.2, 0.25) is 5.02 Å². The van der Waals surface area contributed by atoms with E-state index < -0.39 is 11.2 Å². The number of aromatic nitrogens is 5. The van der Waals surface area contributed by atoms with Gasteiger partial charge in [0.15, 0.2) is 11.5 Å². The number of rotatable bonds is 5. The maximum Gasteiger partial charge on any atom is 0.241 e. The maximum atomic E-state index is 14.5. The highest BCUT2D eigenvalue weighted by Gasteiger charge is 2.59. The number of benzene rings is 1. The molecular formula is C25H23ClFN7O. The average molecular weight is 492 g/mol. The number of carbonyl (C=O) groups is 1. The van der Waals surface area contributed by atoms with Crippen LogP contribution in [-0.4, -0.2) is 30.2 Å². The number of imidazole rings is 1. The Kier molecular flexibility index (Phi) is 4.83. The first kappa shape index (κ1) is 21.9. The van der Waals surface area contributed by atoms with Crippen LogP contribution in [0.1, 0.15) is 43.5 Å². The van der Waals surface area contributed by atoms with Crippen LogP contribution < -0.4 is 11.1 Å². The standard InChI is InChI=1S/C25H23ClFN7O/c1-12(2)9-17-23-29-7-8-34(23)11-18(30-17)21-31-20(28)19-22(32-21)33-24(35)25(19,13-3-4-13)14-5-6-15(26)16(27)10-14/h5-8,10-13H,3-4,9H2,1-2H3,(H3,28,31,32,33,35). The van der Waals surface area contributed by atoms with Gasteiger partial charge in [-0.2, -0.15) is 0 Å². The van der Waals surface area contributed by atoms with Crippen LogP contribution in [0.15, 0.2) is 36.8 Å². The molecule has 3 aromatic heterocycles. The van der Waals surface area contributed by atoms with Crippen LogP contribution in [0, 0.1) is 17.7 Å². The Balaban J connectivity index is 1.52. The summed E-state index contributed by atoms with van der Waals surface area (Å²) in [5.41, 5.74) is 8.48. The van der Waals surface area contributed by atoms with Crippen molar-refractivity contribution in [1.82, 2.24) is 24.3 Å². The highest BCUT2D eigenvalue weighted by Crippen LogP contribution is 2.57. The number of nitrogen functional groups attached to an aromatic ring is 1. The van der Waals surface area contributed by atoms with Gasteiger partial charge in [-0.05, 0) is 48.8 Å². The molecule has 1 aromatic carbocycles. The van der Waals surface area contributed by atoms with Crippen LogP contribution in [0.5, 0.6) is 0 Å². The van der Waals surface area contributed by atoms with Gasteiger partial charge in [-0.15, -0.1) is 0 Å². The molecule has 4 heterocycles. The lowest BCUT2D eigenvalue weighted by molar-refractivity contribution is -0.120. The number of nitrogens with one attached hydrogen (secondary N) is 1. The van der Waals surface area contributed by atoms with Crippen LogP contribution in [0.3, 0.4) is 0 Å². The Bertz CT molecular complexity index is 1510. The largest absolute Gasteiger partial charge is 0.383 e. The molecule has 178 valence electrons. The van der Waals surface area contributed by atoms with Gasteiger partial charge in [-0.25, -0.2) is 24.3 Å². The normalized spacial score (nSPS) is 19.4. The molecule has 0 saturated heterocycles. The van der Waals surface area contributed by atoms with E-state index in [0.717, 1.165) is 30.6 Å². The van der Waals surface area contributed by atoms with Gasteiger partial charge in [0.25, 0.3) is 0 Å². The summed E-state index contributed by atoms with van der Waals surface area (Å²) in [5.74, 6) is 0.282. The number of nitrogens with zero attached hydrogens (tertiary/aromatic N) is 5. The lowest BCUT2D eigenvalue weighted by Gasteiger charge is -2.28. The quantitative estimate of drug-likeness (QED) is 0.428. The summed E-state index contributed by atoms with van der Waals surface area (Å²) in [7, 11) is 0. The van der Waals surface area contributed by atoms with Gasteiger partial charge in [0.1, 0.15) is 28.6 Å². The number of halogens is 2. The molecule has 4 aromatic rings. The van der Waals surface area contributed by atoms with E-state index in [0.29, 0.717) is 34.4 Å². The van der Waals surface area contributed by atoms with Gasteiger partial charge < -0.3 is 15.5 Å². The zero-order valence-electron chi connectivity index (χ0n) is 19.2. The fourth-order valence-corrected chi connectivity index (χ4v) is 5.30. The molecule has 6 rings (SSSR count). The van der Waals surface area contributed by atoms with Crippen molar-refractivity contribution >= 4 is 34.8 Å². The lowest BCUT2D eigenvalue weighted by atomic mass is 9.71. The summed E-state index contributed by atoms with van der Waals surface area (Å²) < 4.78 is 16.3. The number of amides is 1. The number of fused-ring (bicyclic) bond motifs is 2. The zero-order valence-corrected chi connectivity index (χ0v) is 20.0. The maximum absolute atomic E-state index is 14.5. The Labute approximate surface area is 205 Å². The number of hydrogen-bond acceptors (Lipinski definition) is 6. The number of carbonyl (C=O) groups excluding carboxylic acids is 1. The molecule has 1 aliphatic carbocycles. The third kappa shape index (κ3) is 3.29. The van der Waals surface area contributed by atoms with Gasteiger partial charge in [0.05, 0.1) is 16.3 Å². The van der Waals surface area contributed by atoms with E-state index in [-0.39, 0.29) is 22.7 Å². The Morgan fingerprint density at radius 2 is 2.09 bits per heavy atom. The molecule has 1 aliphatic heterocycles. The predicted molar refractivity (Wildman–Crippen MR) is 131 cm³/mol. The summed E-state index contributed by atoms with van der Waals surface area (Å²) in [5, 5.41) is 2.90. The highest BCUT2D eigenvalue weighted by atomic mass is 35.5. The van der Waals surface area contributed by atoms with Gasteiger partial charge in [-0.1, -0.05) is 31.5 Å². The first-order valence-electron chi connectivity index (χ1n) is 11.6. The molecule has 35 heavy (non-hydrogen) atoms. The van der Waals surface area contributed by atoms with E-state index >= 15 is 0 Å². The fourth-order valence-electron chi connectivity index (χ4n) is 5.18. The SMILES string of the molecule is CC(C)Cc1nc(-c2nc(N)c3c(n2)NC(=O)C3(c2ccc(Cl)c(F)c2)C2CC2)cn2ccnc12. The Morgan fingerprint density at radius 1 is 1.29 bits per heavy atom. The van der Waals surface area contributed by atoms with Crippen LogP contribution >= 0.6 is 11.6 Å². The van der Waals surface area contributed by atoms with Gasteiger partial charge in [0, 0.05) is 18.6 Å². The summed E-state index contributed by atoms with van der Waals surface area (Å²) >= 11 is 5.92. The average Bonchev–Trinajstić information content (AvgIpc) is 3.45. The second kappa shape index (κ2) is 7.71. The smallest absolute Gasteiger partial charge is 0.241 e. The van der Waals surface area contributed by atoms with Crippen molar-refractivity contribution in [3.05, 3.63) is 64.5 Å². The third-order valence-corrected chi connectivity index (χ3v) is 7.07. The summed E-state index contributed by atoms with van der Waals surface area (Å²) in [6.07, 6.45) is 7.73. The predicted octanol–water partition coefficient (Wildman–Crippen LogP) is 4.41. The van der Waals surface area contributed by atoms with Crippen molar-refractivity contribution in [2.45, 2.75) is 38.5 Å². The molecule has 1 unspecified atom stereocenters. The summed E-state index contributed by atoms with van der Waals surface area (Å²) in [6, 6.07) is 4.46. The fraction of sp³-hybridized carbons (Fsp3) is 0.320. The minimum absolute atomic E-state index is 0.00364. The summed E-state index contributed by atoms with van der Waals surface area (Å²) in [6.45, 7) is 4.23. The van der Waals surface area contributed by atoms with Crippen molar-refractivity contribution < 1.29 is 9.18 Å². The van der Waals surface area contributed by atoms with E-state index in [1.807, 2.05) is 10.6 Å². The molecule has 0 spiro atoms. The van der Waals surface area contributed by atoms with E-state index in [2.05, 4.69) is 34.1 Å². The lowest BCUT2D eigenvalue weighted by Crippen LogP contribution is -2.38. The first-order valence-corrected chi connectivity index (χ1v) is 11.9. The van der Waals surface area contributed by atoms with Crippen molar-refractivity contribution in [1.29, 1.82) is 0 Å². The first-order chi connectivity index (χ1) is 16.8. The van der Waals surface area contributed by atoms with Gasteiger partial charge in [-0.3, -0.25) is 4.79 Å². The Hall–Kier alpha value is -3.59. The molecule has 1 atom stereocenters. The summed E-state index contributed by atoms with van der Waals surface area (Å²) in [4.78, 5) is 32.0. The minimum atomic E-state index is -1.16. The van der Waals surface area contributed by atoms with Crippen molar-refractivity contribution in [3.63, 3.8) is 0 Å². The number of nitrogens with two attached hydrogens (primary N) is 1. The molecule has 0 bridgehead atoms. The van der Waals surface area contributed by atoms with Crippen molar-refractivity contribution in [2.24, 2.45) is 11.8 Å². The van der Waals surface area contributed by atoms with E-state index in [9.17, 15) is 9.18 Å². The zero-order chi connectivity index (χ0) is 24.5. The molecule has 3 N–H and O–H groups in total. The molecule has 10 heteroatoms. The topological polar surface area (TPSA) is 111 Å². The molecule has 8 nitrogen and oxygen atoms in total. The minimum Gasteiger partial charge on any atom is -0.383 e. The van der Waals surface area contributed by atoms with Crippen molar-refractivity contribution in [3.8, 4) is 11.5 Å². The van der Waals surface area contributed by atoms with E-state index in [4.69, 9.17) is 22.3 Å². The highest BCUT2D eigenvalue weighted by molar-refractivity contribution is 6.30. The van der Waals surface area contributed by atoms with Crippen LogP contribution in [0.4, 0.5) is 16.0 Å². The molecular weight excluding hydrogens is 469 g/mol.